The van der Waals surface area contributed by atoms with Gasteiger partial charge in [0.2, 0.25) is 5.95 Å². The van der Waals surface area contributed by atoms with Gasteiger partial charge >= 0.3 is 0 Å². The minimum Gasteiger partial charge on any atom is -0.497 e. The quantitative estimate of drug-likeness (QED) is 0.527. The van der Waals surface area contributed by atoms with Crippen molar-refractivity contribution in [1.82, 2.24) is 25.0 Å². The lowest BCUT2D eigenvalue weighted by atomic mass is 10.1. The van der Waals surface area contributed by atoms with Crippen LogP contribution in [0.3, 0.4) is 0 Å². The number of aromatic amines is 1. The Bertz CT molecular complexity index is 1120. The third-order valence-electron chi connectivity index (χ3n) is 4.42. The van der Waals surface area contributed by atoms with E-state index in [2.05, 4.69) is 25.6 Å². The molecule has 0 aliphatic rings. The summed E-state index contributed by atoms with van der Waals surface area (Å²) in [6.07, 6.45) is 0.702. The molecule has 0 saturated heterocycles. The Balaban J connectivity index is 1.71. The fourth-order valence-corrected chi connectivity index (χ4v) is 2.90. The summed E-state index contributed by atoms with van der Waals surface area (Å²) in [6, 6.07) is 19.0. The zero-order valence-corrected chi connectivity index (χ0v) is 16.1. The Labute approximate surface area is 167 Å². The number of nitrogens with zero attached hydrogens (tertiary/aromatic N) is 4. The number of para-hydroxylation sites is 1. The van der Waals surface area contributed by atoms with E-state index < -0.39 is 0 Å². The van der Waals surface area contributed by atoms with Crippen LogP contribution in [0.1, 0.15) is 23.2 Å². The van der Waals surface area contributed by atoms with E-state index in [0.29, 0.717) is 12.2 Å². The second kappa shape index (κ2) is 7.97. The topological polar surface area (TPSA) is 97.7 Å². The second-order valence-corrected chi connectivity index (χ2v) is 6.30. The van der Waals surface area contributed by atoms with Crippen LogP contribution in [-0.2, 0) is 6.42 Å². The third-order valence-corrected chi connectivity index (χ3v) is 4.42. The zero-order valence-electron chi connectivity index (χ0n) is 16.1. The number of aryl methyl sites for hydroxylation is 1. The van der Waals surface area contributed by atoms with E-state index >= 15 is 0 Å². The maximum absolute atomic E-state index is 12.7. The van der Waals surface area contributed by atoms with Crippen LogP contribution in [-0.4, -0.2) is 38.0 Å². The van der Waals surface area contributed by atoms with Crippen molar-refractivity contribution < 1.29 is 9.53 Å². The van der Waals surface area contributed by atoms with Crippen molar-refractivity contribution in [3.63, 3.8) is 0 Å². The number of hydrogen-bond acceptors (Lipinski definition) is 5. The van der Waals surface area contributed by atoms with Gasteiger partial charge in [0.05, 0.1) is 18.5 Å². The van der Waals surface area contributed by atoms with Crippen molar-refractivity contribution in [2.24, 2.45) is 0 Å². The molecule has 2 heterocycles. The molecule has 0 atom stereocenters. The number of methoxy groups -OCH3 is 1. The molecule has 0 unspecified atom stereocenters. The van der Waals surface area contributed by atoms with Crippen LogP contribution < -0.4 is 10.1 Å². The first-order valence-corrected chi connectivity index (χ1v) is 9.20. The first-order chi connectivity index (χ1) is 14.2. The fourth-order valence-electron chi connectivity index (χ4n) is 2.90. The molecule has 8 heteroatoms. The predicted molar refractivity (Wildman–Crippen MR) is 109 cm³/mol. The first-order valence-electron chi connectivity index (χ1n) is 9.20. The van der Waals surface area contributed by atoms with Gasteiger partial charge in [-0.1, -0.05) is 25.1 Å². The minimum absolute atomic E-state index is 0.229. The van der Waals surface area contributed by atoms with Gasteiger partial charge in [0, 0.05) is 12.0 Å². The van der Waals surface area contributed by atoms with E-state index in [4.69, 9.17) is 4.74 Å². The Kier molecular flexibility index (Phi) is 5.07. The zero-order chi connectivity index (χ0) is 20.2. The molecule has 2 aromatic heterocycles. The lowest BCUT2D eigenvalue weighted by Gasteiger charge is -2.08. The van der Waals surface area contributed by atoms with Gasteiger partial charge in [0.1, 0.15) is 11.6 Å². The molecule has 29 heavy (non-hydrogen) atoms. The van der Waals surface area contributed by atoms with Crippen LogP contribution in [0, 0.1) is 0 Å². The van der Waals surface area contributed by atoms with E-state index in [-0.39, 0.29) is 17.5 Å². The normalized spacial score (nSPS) is 10.7. The molecular formula is C21H20N6O2. The summed E-state index contributed by atoms with van der Waals surface area (Å²) in [6.45, 7) is 1.95. The third kappa shape index (κ3) is 3.86. The highest BCUT2D eigenvalue weighted by molar-refractivity contribution is 6.02. The highest BCUT2D eigenvalue weighted by Crippen LogP contribution is 2.26. The van der Waals surface area contributed by atoms with E-state index in [1.54, 1.807) is 17.9 Å². The number of nitrogens with one attached hydrogen (secondary N) is 2. The predicted octanol–water partition coefficient (Wildman–Crippen LogP) is 3.48. The molecule has 0 aliphatic carbocycles. The number of anilines is 1. The van der Waals surface area contributed by atoms with Gasteiger partial charge in [-0.05, 0) is 42.5 Å². The molecule has 0 spiro atoms. The summed E-state index contributed by atoms with van der Waals surface area (Å²) in [4.78, 5) is 17.0. The highest BCUT2D eigenvalue weighted by Gasteiger charge is 2.18. The van der Waals surface area contributed by atoms with E-state index in [0.717, 1.165) is 22.7 Å². The minimum atomic E-state index is -0.379. The number of hydrogen-bond donors (Lipinski definition) is 2. The van der Waals surface area contributed by atoms with Crippen molar-refractivity contribution in [3.8, 4) is 22.7 Å². The molecule has 2 N–H and O–H groups in total. The Hall–Kier alpha value is -3.94. The number of rotatable bonds is 6. The van der Waals surface area contributed by atoms with Crippen LogP contribution in [0.25, 0.3) is 16.9 Å². The van der Waals surface area contributed by atoms with Crippen LogP contribution in [0.4, 0.5) is 5.95 Å². The Morgan fingerprint density at radius 1 is 1.14 bits per heavy atom. The first kappa shape index (κ1) is 18.4. The summed E-state index contributed by atoms with van der Waals surface area (Å²) in [5, 5.41) is 14.0. The van der Waals surface area contributed by atoms with Crippen molar-refractivity contribution >= 4 is 11.9 Å². The maximum Gasteiger partial charge on any atom is 0.278 e. The summed E-state index contributed by atoms with van der Waals surface area (Å²) in [5.41, 5.74) is 2.81. The van der Waals surface area contributed by atoms with Gasteiger partial charge in [-0.3, -0.25) is 15.2 Å². The molecule has 2 aromatic carbocycles. The van der Waals surface area contributed by atoms with Crippen LogP contribution in [0.5, 0.6) is 5.75 Å². The standard InChI is InChI=1S/C21H20N6O2/c1-3-19-22-21(25-24-19)23-20(28)17-13-18(14-9-11-16(29-2)12-10-14)27(26-17)15-7-5-4-6-8-15/h4-13H,3H2,1-2H3,(H2,22,23,24,25,28). The fraction of sp³-hybridized carbons (Fsp3) is 0.143. The number of carbonyl (C=O) groups excluding carboxylic acids is 1. The van der Waals surface area contributed by atoms with Gasteiger partial charge in [-0.2, -0.15) is 10.1 Å². The second-order valence-electron chi connectivity index (χ2n) is 6.30. The van der Waals surface area contributed by atoms with Gasteiger partial charge in [0.15, 0.2) is 5.69 Å². The lowest BCUT2D eigenvalue weighted by Crippen LogP contribution is -2.14. The van der Waals surface area contributed by atoms with Gasteiger partial charge in [-0.15, -0.1) is 5.10 Å². The van der Waals surface area contributed by atoms with Gasteiger partial charge < -0.3 is 4.74 Å². The summed E-state index contributed by atoms with van der Waals surface area (Å²) >= 11 is 0. The molecule has 146 valence electrons. The summed E-state index contributed by atoms with van der Waals surface area (Å²) in [7, 11) is 1.62. The molecule has 0 fully saturated rings. The smallest absolute Gasteiger partial charge is 0.278 e. The average Bonchev–Trinajstić information content (AvgIpc) is 3.41. The molecule has 0 radical (unpaired) electrons. The number of amides is 1. The molecule has 4 rings (SSSR count). The lowest BCUT2D eigenvalue weighted by molar-refractivity contribution is 0.102. The van der Waals surface area contributed by atoms with E-state index in [1.165, 1.54) is 0 Å². The van der Waals surface area contributed by atoms with Crippen molar-refractivity contribution in [3.05, 3.63) is 72.2 Å². The molecule has 0 saturated carbocycles. The highest BCUT2D eigenvalue weighted by atomic mass is 16.5. The number of carbonyl (C=O) groups is 1. The molecular weight excluding hydrogens is 368 g/mol. The molecule has 0 bridgehead atoms. The van der Waals surface area contributed by atoms with Crippen LogP contribution in [0.2, 0.25) is 0 Å². The number of aromatic nitrogens is 5. The number of H-pyrrole nitrogens is 1. The summed E-state index contributed by atoms with van der Waals surface area (Å²) < 4.78 is 6.98. The summed E-state index contributed by atoms with van der Waals surface area (Å²) in [5.74, 6) is 1.31. The van der Waals surface area contributed by atoms with E-state index in [1.807, 2.05) is 61.5 Å². The average molecular weight is 388 g/mol. The molecule has 1 amide bonds. The van der Waals surface area contributed by atoms with E-state index in [9.17, 15) is 4.79 Å². The Morgan fingerprint density at radius 2 is 1.90 bits per heavy atom. The molecule has 4 aromatic rings. The molecule has 0 aliphatic heterocycles. The van der Waals surface area contributed by atoms with Crippen molar-refractivity contribution in [1.29, 1.82) is 0 Å². The monoisotopic (exact) mass is 388 g/mol. The van der Waals surface area contributed by atoms with Gasteiger partial charge in [0.25, 0.3) is 5.91 Å². The Morgan fingerprint density at radius 3 is 2.55 bits per heavy atom. The van der Waals surface area contributed by atoms with Crippen LogP contribution >= 0.6 is 0 Å². The largest absolute Gasteiger partial charge is 0.497 e. The molecule has 8 nitrogen and oxygen atoms in total. The van der Waals surface area contributed by atoms with Crippen molar-refractivity contribution in [2.75, 3.05) is 12.4 Å². The number of benzene rings is 2. The SMILES string of the molecule is CCc1nc(NC(=O)c2cc(-c3ccc(OC)cc3)n(-c3ccccc3)n2)n[nH]1. The number of ether oxygens (including phenoxy) is 1. The van der Waals surface area contributed by atoms with Crippen molar-refractivity contribution in [2.45, 2.75) is 13.3 Å². The van der Waals surface area contributed by atoms with Gasteiger partial charge in [-0.25, -0.2) is 4.68 Å². The van der Waals surface area contributed by atoms with Crippen LogP contribution in [0.15, 0.2) is 60.7 Å². The maximum atomic E-state index is 12.7.